The number of hydrogen-bond acceptors (Lipinski definition) is 5. The third-order valence-electron chi connectivity index (χ3n) is 5.90. The van der Waals surface area contributed by atoms with Gasteiger partial charge in [-0.25, -0.2) is 4.21 Å². The predicted octanol–water partition coefficient (Wildman–Crippen LogP) is 4.60. The Hall–Kier alpha value is -3.65. The van der Waals surface area contributed by atoms with Crippen LogP contribution in [0.4, 0.5) is 5.69 Å². The fourth-order valence-electron chi connectivity index (χ4n) is 4.19. The summed E-state index contributed by atoms with van der Waals surface area (Å²) in [5.74, 6) is 0.905. The molecule has 0 aromatic heterocycles. The van der Waals surface area contributed by atoms with Gasteiger partial charge in [0.15, 0.2) is 11.5 Å². The fraction of sp³-hybridized carbons (Fsp3) is 0.286. The fourth-order valence-corrected chi connectivity index (χ4v) is 5.54. The van der Waals surface area contributed by atoms with Gasteiger partial charge in [-0.15, -0.1) is 0 Å². The Kier molecular flexibility index (Phi) is 8.05. The van der Waals surface area contributed by atoms with Crippen molar-refractivity contribution in [3.63, 3.8) is 0 Å². The average molecular weight is 507 g/mol. The zero-order valence-electron chi connectivity index (χ0n) is 20.7. The van der Waals surface area contributed by atoms with E-state index in [1.54, 1.807) is 47.4 Å². The topological polar surface area (TPSA) is 84.9 Å². The highest BCUT2D eigenvalue weighted by atomic mass is 32.2. The summed E-state index contributed by atoms with van der Waals surface area (Å²) in [4.78, 5) is 28.7. The van der Waals surface area contributed by atoms with Gasteiger partial charge in [0.2, 0.25) is 0 Å². The van der Waals surface area contributed by atoms with E-state index >= 15 is 0 Å². The molecule has 7 nitrogen and oxygen atoms in total. The second kappa shape index (κ2) is 11.4. The van der Waals surface area contributed by atoms with Crippen LogP contribution in [-0.4, -0.2) is 42.3 Å². The molecule has 0 fully saturated rings. The minimum Gasteiger partial charge on any atom is -0.490 e. The summed E-state index contributed by atoms with van der Waals surface area (Å²) < 4.78 is 24.6. The Labute approximate surface area is 213 Å². The lowest BCUT2D eigenvalue weighted by atomic mass is 10.1. The molecule has 8 heteroatoms. The van der Waals surface area contributed by atoms with E-state index in [4.69, 9.17) is 9.47 Å². The first kappa shape index (κ1) is 25.4. The number of ether oxygens (including phenoxy) is 2. The van der Waals surface area contributed by atoms with Crippen LogP contribution in [0.1, 0.15) is 47.1 Å². The number of nitrogens with zero attached hydrogens (tertiary/aromatic N) is 1. The number of amides is 2. The molecule has 4 rings (SSSR count). The van der Waals surface area contributed by atoms with Gasteiger partial charge in [0.1, 0.15) is 0 Å². The minimum atomic E-state index is -1.53. The summed E-state index contributed by atoms with van der Waals surface area (Å²) in [5, 5.41) is 2.94. The Balaban J connectivity index is 1.50. The normalized spacial score (nSPS) is 14.5. The van der Waals surface area contributed by atoms with Gasteiger partial charge in [0.25, 0.3) is 11.8 Å². The van der Waals surface area contributed by atoms with Crippen molar-refractivity contribution < 1.29 is 23.3 Å². The van der Waals surface area contributed by atoms with Crippen molar-refractivity contribution in [2.75, 3.05) is 31.2 Å². The lowest BCUT2D eigenvalue weighted by Gasteiger charge is -2.21. The van der Waals surface area contributed by atoms with Crippen LogP contribution >= 0.6 is 0 Å². The zero-order valence-corrected chi connectivity index (χ0v) is 21.5. The molecule has 3 aromatic carbocycles. The van der Waals surface area contributed by atoms with Gasteiger partial charge in [-0.1, -0.05) is 18.2 Å². The minimum absolute atomic E-state index is 0.224. The molecule has 36 heavy (non-hydrogen) atoms. The van der Waals surface area contributed by atoms with Crippen LogP contribution in [-0.2, 0) is 17.2 Å². The van der Waals surface area contributed by atoms with Crippen molar-refractivity contribution >= 4 is 28.3 Å². The smallest absolute Gasteiger partial charge is 0.259 e. The molecule has 0 saturated heterocycles. The SMILES string of the molecule is CCOc1ccc(CCNC(=O)c2ccc3c(c2)N(CC)C(=O)c2ccccc2[S@]3=O)cc1OCC. The predicted molar refractivity (Wildman–Crippen MR) is 140 cm³/mol. The van der Waals surface area contributed by atoms with Crippen LogP contribution < -0.4 is 19.7 Å². The summed E-state index contributed by atoms with van der Waals surface area (Å²) in [5.41, 5.74) is 2.34. The molecule has 1 N–H and O–H groups in total. The van der Waals surface area contributed by atoms with Gasteiger partial charge in [0, 0.05) is 18.7 Å². The van der Waals surface area contributed by atoms with E-state index in [1.165, 1.54) is 0 Å². The van der Waals surface area contributed by atoms with E-state index in [9.17, 15) is 13.8 Å². The number of anilines is 1. The molecule has 188 valence electrons. The summed E-state index contributed by atoms with van der Waals surface area (Å²) >= 11 is 0. The van der Waals surface area contributed by atoms with Crippen LogP contribution in [0.25, 0.3) is 0 Å². The molecule has 0 saturated carbocycles. The average Bonchev–Trinajstić information content (AvgIpc) is 2.98. The van der Waals surface area contributed by atoms with Gasteiger partial charge in [-0.05, 0) is 75.2 Å². The third kappa shape index (κ3) is 5.14. The maximum atomic E-state index is 13.3. The van der Waals surface area contributed by atoms with Crippen LogP contribution in [0.2, 0.25) is 0 Å². The number of carbonyl (C=O) groups excluding carboxylic acids is 2. The molecule has 2 amide bonds. The highest BCUT2D eigenvalue weighted by molar-refractivity contribution is 7.85. The van der Waals surface area contributed by atoms with Gasteiger partial charge in [-0.3, -0.25) is 9.59 Å². The Morgan fingerprint density at radius 2 is 1.67 bits per heavy atom. The third-order valence-corrected chi connectivity index (χ3v) is 7.40. The Morgan fingerprint density at radius 1 is 0.917 bits per heavy atom. The number of rotatable bonds is 9. The molecular formula is C28H30N2O5S. The zero-order chi connectivity index (χ0) is 25.7. The van der Waals surface area contributed by atoms with Crippen molar-refractivity contribution in [3.05, 3.63) is 77.4 Å². The highest BCUT2D eigenvalue weighted by Crippen LogP contribution is 2.35. The first-order chi connectivity index (χ1) is 17.5. The molecule has 0 aliphatic carbocycles. The molecule has 0 bridgehead atoms. The largest absolute Gasteiger partial charge is 0.490 e. The van der Waals surface area contributed by atoms with E-state index in [-0.39, 0.29) is 11.8 Å². The summed E-state index contributed by atoms with van der Waals surface area (Å²) in [7, 11) is -1.53. The van der Waals surface area contributed by atoms with E-state index in [0.29, 0.717) is 70.8 Å². The van der Waals surface area contributed by atoms with Gasteiger partial charge < -0.3 is 19.7 Å². The summed E-state index contributed by atoms with van der Waals surface area (Å²) in [6.45, 7) is 7.60. The van der Waals surface area contributed by atoms with E-state index in [2.05, 4.69) is 5.32 Å². The second-order valence-corrected chi connectivity index (χ2v) is 9.57. The van der Waals surface area contributed by atoms with Crippen LogP contribution in [0.3, 0.4) is 0 Å². The molecular weight excluding hydrogens is 476 g/mol. The molecule has 0 unspecified atom stereocenters. The van der Waals surface area contributed by atoms with Gasteiger partial charge in [0.05, 0.1) is 45.1 Å². The number of benzene rings is 3. The lowest BCUT2D eigenvalue weighted by Crippen LogP contribution is -2.31. The Bertz CT molecular complexity index is 1310. The maximum Gasteiger partial charge on any atom is 0.259 e. The highest BCUT2D eigenvalue weighted by Gasteiger charge is 2.30. The quantitative estimate of drug-likeness (QED) is 0.458. The van der Waals surface area contributed by atoms with Crippen molar-refractivity contribution in [1.29, 1.82) is 0 Å². The summed E-state index contributed by atoms with van der Waals surface area (Å²) in [6.07, 6.45) is 0.613. The van der Waals surface area contributed by atoms with Crippen LogP contribution in [0.5, 0.6) is 11.5 Å². The van der Waals surface area contributed by atoms with E-state index in [0.717, 1.165) is 5.56 Å². The number of hydrogen-bond donors (Lipinski definition) is 1. The van der Waals surface area contributed by atoms with E-state index in [1.807, 2.05) is 39.0 Å². The molecule has 1 aliphatic rings. The van der Waals surface area contributed by atoms with Crippen molar-refractivity contribution in [2.24, 2.45) is 0 Å². The van der Waals surface area contributed by atoms with Crippen LogP contribution in [0.15, 0.2) is 70.5 Å². The number of fused-ring (bicyclic) bond motifs is 2. The lowest BCUT2D eigenvalue weighted by molar-refractivity contribution is 0.0950. The molecule has 0 radical (unpaired) electrons. The Morgan fingerprint density at radius 3 is 2.42 bits per heavy atom. The molecule has 1 atom stereocenters. The van der Waals surface area contributed by atoms with Gasteiger partial charge >= 0.3 is 0 Å². The van der Waals surface area contributed by atoms with Crippen molar-refractivity contribution in [2.45, 2.75) is 37.0 Å². The maximum absolute atomic E-state index is 13.3. The van der Waals surface area contributed by atoms with Crippen LogP contribution in [0, 0.1) is 0 Å². The van der Waals surface area contributed by atoms with Crippen molar-refractivity contribution in [3.8, 4) is 11.5 Å². The second-order valence-electron chi connectivity index (χ2n) is 8.15. The number of nitrogens with one attached hydrogen (secondary N) is 1. The first-order valence-corrected chi connectivity index (χ1v) is 13.3. The standard InChI is InChI=1S/C28H30N2O5S/c1-4-30-22-18-20(12-14-26(22)36(33)25-10-8-7-9-21(25)28(30)32)27(31)29-16-15-19-11-13-23(34-5-2)24(17-19)35-6-3/h7-14,17-18H,4-6,15-16H2,1-3H3,(H,29,31)/t36-/m1/s1. The van der Waals surface area contributed by atoms with Gasteiger partial charge in [-0.2, -0.15) is 0 Å². The number of carbonyl (C=O) groups is 2. The molecule has 3 aromatic rings. The monoisotopic (exact) mass is 506 g/mol. The van der Waals surface area contributed by atoms with Crippen molar-refractivity contribution in [1.82, 2.24) is 5.32 Å². The first-order valence-electron chi connectivity index (χ1n) is 12.1. The summed E-state index contributed by atoms with van der Waals surface area (Å²) in [6, 6.07) is 17.7. The van der Waals surface area contributed by atoms with E-state index < -0.39 is 10.8 Å². The molecule has 1 aliphatic heterocycles. The molecule has 0 spiro atoms. The molecule has 1 heterocycles.